The second-order valence-electron chi connectivity index (χ2n) is 7.87. The van der Waals surface area contributed by atoms with E-state index in [4.69, 9.17) is 0 Å². The first-order valence-corrected chi connectivity index (χ1v) is 10.3. The largest absolute Gasteiger partial charge is 0.365 e. The molecule has 3 aromatic rings. The first-order chi connectivity index (χ1) is 15.3. The number of benzene rings is 1. The standard InChI is InChI=1S/C22H24F2N6O2/c1-12-14(10-15(23)19-18(12)28-21(31)13(2)26-19)11-29-6-8-30(9-7-29)17-5-4-16(22(32)25-3)27-20(17)24/h4-5,10H,6-9,11H2,1-3H3,(H,25,32)(H,28,31). The number of nitrogens with zero attached hydrogens (tertiary/aromatic N) is 4. The average Bonchev–Trinajstić information content (AvgIpc) is 2.78. The van der Waals surface area contributed by atoms with E-state index in [2.05, 4.69) is 25.2 Å². The molecule has 1 fully saturated rings. The molecule has 0 saturated carbocycles. The van der Waals surface area contributed by atoms with Gasteiger partial charge in [0.15, 0.2) is 5.82 Å². The fourth-order valence-corrected chi connectivity index (χ4v) is 3.94. The van der Waals surface area contributed by atoms with Crippen molar-refractivity contribution >= 4 is 22.6 Å². The first kappa shape index (κ1) is 21.8. The van der Waals surface area contributed by atoms with Crippen LogP contribution in [0.2, 0.25) is 0 Å². The number of rotatable bonds is 4. The van der Waals surface area contributed by atoms with Crippen molar-refractivity contribution in [2.75, 3.05) is 38.1 Å². The number of amides is 1. The predicted molar refractivity (Wildman–Crippen MR) is 117 cm³/mol. The monoisotopic (exact) mass is 442 g/mol. The molecule has 0 bridgehead atoms. The Balaban J connectivity index is 1.48. The average molecular weight is 442 g/mol. The summed E-state index contributed by atoms with van der Waals surface area (Å²) in [5, 5.41) is 2.42. The van der Waals surface area contributed by atoms with E-state index in [1.165, 1.54) is 19.2 Å². The molecule has 0 spiro atoms. The summed E-state index contributed by atoms with van der Waals surface area (Å²) in [6, 6.07) is 4.54. The van der Waals surface area contributed by atoms with Crippen molar-refractivity contribution in [3.8, 4) is 0 Å². The van der Waals surface area contributed by atoms with Crippen molar-refractivity contribution in [3.05, 3.63) is 62.8 Å². The summed E-state index contributed by atoms with van der Waals surface area (Å²) in [5.74, 6) is -1.59. The predicted octanol–water partition coefficient (Wildman–Crippen LogP) is 1.89. The summed E-state index contributed by atoms with van der Waals surface area (Å²) in [7, 11) is 1.47. The summed E-state index contributed by atoms with van der Waals surface area (Å²) in [6.45, 7) is 6.28. The molecular formula is C22H24F2N6O2. The van der Waals surface area contributed by atoms with Crippen LogP contribution < -0.4 is 15.8 Å². The molecule has 0 unspecified atom stereocenters. The molecule has 2 aromatic heterocycles. The van der Waals surface area contributed by atoms with Gasteiger partial charge >= 0.3 is 0 Å². The van der Waals surface area contributed by atoms with E-state index in [0.717, 1.165) is 11.1 Å². The maximum absolute atomic E-state index is 14.6. The van der Waals surface area contributed by atoms with E-state index in [9.17, 15) is 18.4 Å². The highest BCUT2D eigenvalue weighted by molar-refractivity contribution is 5.92. The van der Waals surface area contributed by atoms with Crippen LogP contribution in [0.3, 0.4) is 0 Å². The van der Waals surface area contributed by atoms with Crippen LogP contribution in [0.1, 0.15) is 27.3 Å². The maximum atomic E-state index is 14.6. The molecule has 2 N–H and O–H groups in total. The van der Waals surface area contributed by atoms with E-state index in [1.54, 1.807) is 13.0 Å². The summed E-state index contributed by atoms with van der Waals surface area (Å²) in [5.41, 5.74) is 2.41. The van der Waals surface area contributed by atoms with Crippen molar-refractivity contribution in [2.24, 2.45) is 0 Å². The molecule has 168 valence electrons. The summed E-state index contributed by atoms with van der Waals surface area (Å²) in [6.07, 6.45) is 0. The minimum absolute atomic E-state index is 0.0314. The fraction of sp³-hybridized carbons (Fsp3) is 0.364. The molecule has 4 rings (SSSR count). The SMILES string of the molecule is CNC(=O)c1ccc(N2CCN(Cc3cc(F)c4nc(C)c(=O)[nH]c4c3C)CC2)c(F)n1. The molecule has 1 aliphatic heterocycles. The highest BCUT2D eigenvalue weighted by Crippen LogP contribution is 2.24. The van der Waals surface area contributed by atoms with Crippen molar-refractivity contribution in [3.63, 3.8) is 0 Å². The van der Waals surface area contributed by atoms with E-state index in [0.29, 0.717) is 43.9 Å². The third-order valence-corrected chi connectivity index (χ3v) is 5.86. The molecule has 10 heteroatoms. The van der Waals surface area contributed by atoms with Gasteiger partial charge in [-0.05, 0) is 43.2 Å². The van der Waals surface area contributed by atoms with Crippen LogP contribution in [0, 0.1) is 25.6 Å². The zero-order valence-electron chi connectivity index (χ0n) is 18.1. The van der Waals surface area contributed by atoms with Gasteiger partial charge in [-0.2, -0.15) is 4.39 Å². The lowest BCUT2D eigenvalue weighted by atomic mass is 10.0. The molecule has 8 nitrogen and oxygen atoms in total. The minimum atomic E-state index is -0.682. The number of anilines is 1. The quantitative estimate of drug-likeness (QED) is 0.600. The second kappa shape index (κ2) is 8.62. The number of H-pyrrole nitrogens is 1. The Morgan fingerprint density at radius 2 is 1.88 bits per heavy atom. The van der Waals surface area contributed by atoms with E-state index in [1.807, 2.05) is 11.8 Å². The van der Waals surface area contributed by atoms with Crippen LogP contribution in [0.4, 0.5) is 14.5 Å². The molecule has 1 aliphatic rings. The number of carbonyl (C=O) groups is 1. The van der Waals surface area contributed by atoms with Crippen LogP contribution in [0.15, 0.2) is 23.0 Å². The number of nitrogens with one attached hydrogen (secondary N) is 2. The number of carbonyl (C=O) groups excluding carboxylic acids is 1. The lowest BCUT2D eigenvalue weighted by molar-refractivity contribution is 0.0957. The van der Waals surface area contributed by atoms with Crippen LogP contribution in [0.25, 0.3) is 11.0 Å². The van der Waals surface area contributed by atoms with Gasteiger partial charge in [0.2, 0.25) is 5.95 Å². The van der Waals surface area contributed by atoms with Crippen LogP contribution in [-0.4, -0.2) is 59.0 Å². The Labute approximate surface area is 183 Å². The number of aromatic amines is 1. The Morgan fingerprint density at radius 1 is 1.16 bits per heavy atom. The summed E-state index contributed by atoms with van der Waals surface area (Å²) < 4.78 is 29.1. The van der Waals surface area contributed by atoms with Gasteiger partial charge in [-0.1, -0.05) is 0 Å². The Bertz CT molecular complexity index is 1250. The lowest BCUT2D eigenvalue weighted by Gasteiger charge is -2.36. The zero-order chi connectivity index (χ0) is 23.0. The summed E-state index contributed by atoms with van der Waals surface area (Å²) in [4.78, 5) is 38.2. The molecule has 0 radical (unpaired) electrons. The van der Waals surface area contributed by atoms with E-state index in [-0.39, 0.29) is 22.5 Å². The van der Waals surface area contributed by atoms with E-state index >= 15 is 0 Å². The van der Waals surface area contributed by atoms with Crippen LogP contribution in [-0.2, 0) is 6.54 Å². The number of aryl methyl sites for hydroxylation is 2. The number of halogens is 2. The molecular weight excluding hydrogens is 418 g/mol. The van der Waals surface area contributed by atoms with Crippen molar-refractivity contribution in [2.45, 2.75) is 20.4 Å². The topological polar surface area (TPSA) is 94.2 Å². The first-order valence-electron chi connectivity index (χ1n) is 10.3. The Morgan fingerprint density at radius 3 is 2.53 bits per heavy atom. The number of fused-ring (bicyclic) bond motifs is 1. The van der Waals surface area contributed by atoms with Crippen molar-refractivity contribution < 1.29 is 13.6 Å². The van der Waals surface area contributed by atoms with Gasteiger partial charge in [0.1, 0.15) is 16.9 Å². The number of pyridine rings is 1. The minimum Gasteiger partial charge on any atom is -0.365 e. The van der Waals surface area contributed by atoms with Gasteiger partial charge in [0.05, 0.1) is 11.2 Å². The van der Waals surface area contributed by atoms with Crippen LogP contribution >= 0.6 is 0 Å². The molecule has 1 amide bonds. The van der Waals surface area contributed by atoms with Crippen molar-refractivity contribution in [1.29, 1.82) is 0 Å². The molecule has 0 atom stereocenters. The van der Waals surface area contributed by atoms with Gasteiger partial charge in [0, 0.05) is 39.8 Å². The van der Waals surface area contributed by atoms with Crippen LogP contribution in [0.5, 0.6) is 0 Å². The van der Waals surface area contributed by atoms with Crippen molar-refractivity contribution in [1.82, 2.24) is 25.2 Å². The third-order valence-electron chi connectivity index (χ3n) is 5.86. The molecule has 0 aliphatic carbocycles. The molecule has 32 heavy (non-hydrogen) atoms. The van der Waals surface area contributed by atoms with Gasteiger partial charge in [0.25, 0.3) is 11.5 Å². The van der Waals surface area contributed by atoms with E-state index < -0.39 is 17.7 Å². The summed E-state index contributed by atoms with van der Waals surface area (Å²) >= 11 is 0. The van der Waals surface area contributed by atoms with Gasteiger partial charge in [-0.25, -0.2) is 14.4 Å². The number of piperazine rings is 1. The van der Waals surface area contributed by atoms with Gasteiger partial charge in [-0.3, -0.25) is 14.5 Å². The molecule has 1 aromatic carbocycles. The number of hydrogen-bond acceptors (Lipinski definition) is 6. The smallest absolute Gasteiger partial charge is 0.269 e. The zero-order valence-corrected chi connectivity index (χ0v) is 18.1. The lowest BCUT2D eigenvalue weighted by Crippen LogP contribution is -2.46. The fourth-order valence-electron chi connectivity index (χ4n) is 3.94. The Hall–Kier alpha value is -3.40. The molecule has 3 heterocycles. The Kier molecular flexibility index (Phi) is 5.88. The van der Waals surface area contributed by atoms with Gasteiger partial charge < -0.3 is 15.2 Å². The number of hydrogen-bond donors (Lipinski definition) is 2. The van der Waals surface area contributed by atoms with Gasteiger partial charge in [-0.15, -0.1) is 0 Å². The highest BCUT2D eigenvalue weighted by Gasteiger charge is 2.22. The second-order valence-corrected chi connectivity index (χ2v) is 7.87. The highest BCUT2D eigenvalue weighted by atomic mass is 19.1. The normalized spacial score (nSPS) is 14.7. The third kappa shape index (κ3) is 4.05. The number of aromatic nitrogens is 3. The molecule has 1 saturated heterocycles. The maximum Gasteiger partial charge on any atom is 0.269 e.